The first-order valence-electron chi connectivity index (χ1n) is 9.25. The summed E-state index contributed by atoms with van der Waals surface area (Å²) in [5, 5.41) is 6.04. The minimum absolute atomic E-state index is 0.0640. The lowest BCUT2D eigenvalue weighted by Crippen LogP contribution is -2.36. The molecule has 4 rings (SSSR count). The molecule has 29 heavy (non-hydrogen) atoms. The van der Waals surface area contributed by atoms with Gasteiger partial charge in [0.25, 0.3) is 0 Å². The standard InChI is InChI=1S/C20H21N7O2/c1-27-11-16-9-14(5-6-21-16)19-23-13-24-20(26-19)25-15-3-2-4-17(10-15)29-8-7-22-18(28)12-27/h2-6,9-10,13H,7-8,11-12H2,1H3,(H,22,28)(H,23,24,25,26). The molecular formula is C20H21N7O2. The Bertz CT molecular complexity index is 1010. The van der Waals surface area contributed by atoms with Crippen LogP contribution in [0.2, 0.25) is 0 Å². The lowest BCUT2D eigenvalue weighted by Gasteiger charge is -2.16. The zero-order valence-corrected chi connectivity index (χ0v) is 16.0. The van der Waals surface area contributed by atoms with E-state index in [1.165, 1.54) is 6.33 Å². The number of benzene rings is 1. The molecule has 1 aliphatic rings. The molecular weight excluding hydrogens is 370 g/mol. The first-order chi connectivity index (χ1) is 14.2. The number of ether oxygens (including phenoxy) is 1. The summed E-state index contributed by atoms with van der Waals surface area (Å²) in [6.07, 6.45) is 3.19. The molecule has 148 valence electrons. The average Bonchev–Trinajstić information content (AvgIpc) is 2.71. The molecule has 1 amide bonds. The molecule has 2 aromatic heterocycles. The number of nitrogens with one attached hydrogen (secondary N) is 2. The van der Waals surface area contributed by atoms with E-state index >= 15 is 0 Å². The van der Waals surface area contributed by atoms with Crippen molar-refractivity contribution in [3.05, 3.63) is 54.6 Å². The lowest BCUT2D eigenvalue weighted by molar-refractivity contribution is -0.122. The second-order valence-corrected chi connectivity index (χ2v) is 6.69. The zero-order valence-electron chi connectivity index (χ0n) is 16.0. The van der Waals surface area contributed by atoms with Crippen LogP contribution in [-0.4, -0.2) is 57.5 Å². The third-order valence-electron chi connectivity index (χ3n) is 4.28. The quantitative estimate of drug-likeness (QED) is 0.596. The highest BCUT2D eigenvalue weighted by atomic mass is 16.5. The number of nitrogens with zero attached hydrogens (tertiary/aromatic N) is 5. The van der Waals surface area contributed by atoms with Crippen molar-refractivity contribution in [2.45, 2.75) is 6.54 Å². The van der Waals surface area contributed by atoms with Gasteiger partial charge in [0, 0.05) is 30.1 Å². The molecule has 0 spiro atoms. The van der Waals surface area contributed by atoms with Crippen LogP contribution in [0.4, 0.5) is 11.6 Å². The molecule has 0 atom stereocenters. The molecule has 0 saturated heterocycles. The Morgan fingerprint density at radius 1 is 1.10 bits per heavy atom. The number of fused-ring (bicyclic) bond motifs is 7. The summed E-state index contributed by atoms with van der Waals surface area (Å²) in [6, 6.07) is 11.3. The minimum Gasteiger partial charge on any atom is -0.492 e. The largest absolute Gasteiger partial charge is 0.492 e. The van der Waals surface area contributed by atoms with Crippen LogP contribution in [0.3, 0.4) is 0 Å². The number of carbonyl (C=O) groups excluding carboxylic acids is 1. The van der Waals surface area contributed by atoms with Gasteiger partial charge in [-0.05, 0) is 31.3 Å². The molecule has 3 aromatic rings. The van der Waals surface area contributed by atoms with Gasteiger partial charge in [0.1, 0.15) is 18.7 Å². The van der Waals surface area contributed by atoms with Crippen LogP contribution in [0, 0.1) is 0 Å². The highest BCUT2D eigenvalue weighted by Crippen LogP contribution is 2.21. The Morgan fingerprint density at radius 3 is 2.97 bits per heavy atom. The SMILES string of the molecule is CN1CC(=O)NCCOc2cccc(c2)Nc2ncnc(n2)-c2ccnc(c2)C1. The molecule has 0 fully saturated rings. The third-order valence-corrected chi connectivity index (χ3v) is 4.28. The first-order valence-corrected chi connectivity index (χ1v) is 9.25. The molecule has 3 heterocycles. The predicted octanol–water partition coefficient (Wildman–Crippen LogP) is 1.62. The van der Waals surface area contributed by atoms with Gasteiger partial charge < -0.3 is 15.4 Å². The van der Waals surface area contributed by atoms with Crippen molar-refractivity contribution in [3.8, 4) is 17.1 Å². The number of anilines is 2. The van der Waals surface area contributed by atoms with Crippen molar-refractivity contribution in [2.75, 3.05) is 32.1 Å². The fourth-order valence-corrected chi connectivity index (χ4v) is 2.98. The van der Waals surface area contributed by atoms with Crippen LogP contribution in [0.5, 0.6) is 5.75 Å². The summed E-state index contributed by atoms with van der Waals surface area (Å²) in [7, 11) is 1.87. The van der Waals surface area contributed by atoms with Gasteiger partial charge in [0.15, 0.2) is 5.82 Å². The summed E-state index contributed by atoms with van der Waals surface area (Å²) < 4.78 is 5.72. The van der Waals surface area contributed by atoms with Gasteiger partial charge in [-0.3, -0.25) is 14.7 Å². The van der Waals surface area contributed by atoms with Crippen LogP contribution in [0.15, 0.2) is 48.9 Å². The number of carbonyl (C=O) groups is 1. The lowest BCUT2D eigenvalue weighted by atomic mass is 10.2. The van der Waals surface area contributed by atoms with Gasteiger partial charge in [0.2, 0.25) is 11.9 Å². The van der Waals surface area contributed by atoms with Gasteiger partial charge in [-0.2, -0.15) is 4.98 Å². The van der Waals surface area contributed by atoms with E-state index < -0.39 is 0 Å². The van der Waals surface area contributed by atoms with Crippen LogP contribution in [0.1, 0.15) is 5.69 Å². The van der Waals surface area contributed by atoms with Crippen LogP contribution in [0.25, 0.3) is 11.4 Å². The second-order valence-electron chi connectivity index (χ2n) is 6.69. The molecule has 6 bridgehead atoms. The van der Waals surface area contributed by atoms with Crippen molar-refractivity contribution in [3.63, 3.8) is 0 Å². The van der Waals surface area contributed by atoms with Crippen molar-refractivity contribution in [2.24, 2.45) is 0 Å². The fraction of sp³-hybridized carbons (Fsp3) is 0.250. The Kier molecular flexibility index (Phi) is 5.57. The number of hydrogen-bond donors (Lipinski definition) is 2. The van der Waals surface area contributed by atoms with Crippen LogP contribution in [-0.2, 0) is 11.3 Å². The zero-order chi connectivity index (χ0) is 20.1. The Balaban J connectivity index is 1.66. The average molecular weight is 391 g/mol. The Labute approximate surface area is 168 Å². The molecule has 0 saturated carbocycles. The number of rotatable bonds is 0. The fourth-order valence-electron chi connectivity index (χ4n) is 2.98. The minimum atomic E-state index is -0.0640. The summed E-state index contributed by atoms with van der Waals surface area (Å²) in [5.41, 5.74) is 2.45. The van der Waals surface area contributed by atoms with Gasteiger partial charge in [-0.1, -0.05) is 6.07 Å². The summed E-state index contributed by atoms with van der Waals surface area (Å²) in [6.45, 7) is 1.59. The van der Waals surface area contributed by atoms with Crippen molar-refractivity contribution in [1.29, 1.82) is 0 Å². The number of pyridine rings is 1. The topological polar surface area (TPSA) is 105 Å². The summed E-state index contributed by atoms with van der Waals surface area (Å²) in [5.74, 6) is 1.61. The van der Waals surface area contributed by atoms with Gasteiger partial charge >= 0.3 is 0 Å². The van der Waals surface area contributed by atoms with Crippen molar-refractivity contribution in [1.82, 2.24) is 30.2 Å². The van der Waals surface area contributed by atoms with E-state index in [-0.39, 0.29) is 12.5 Å². The normalized spacial score (nSPS) is 15.3. The van der Waals surface area contributed by atoms with E-state index in [0.29, 0.717) is 37.2 Å². The van der Waals surface area contributed by atoms with Crippen molar-refractivity contribution < 1.29 is 9.53 Å². The van der Waals surface area contributed by atoms with E-state index in [1.807, 2.05) is 48.3 Å². The maximum absolute atomic E-state index is 12.1. The monoisotopic (exact) mass is 391 g/mol. The summed E-state index contributed by atoms with van der Waals surface area (Å²) >= 11 is 0. The number of amides is 1. The van der Waals surface area contributed by atoms with E-state index in [4.69, 9.17) is 4.74 Å². The maximum Gasteiger partial charge on any atom is 0.234 e. The van der Waals surface area contributed by atoms with Gasteiger partial charge in [0.05, 0.1) is 18.8 Å². The molecule has 1 aliphatic heterocycles. The van der Waals surface area contributed by atoms with Crippen LogP contribution < -0.4 is 15.4 Å². The molecule has 2 N–H and O–H groups in total. The molecule has 0 aliphatic carbocycles. The molecule has 0 radical (unpaired) electrons. The maximum atomic E-state index is 12.1. The highest BCUT2D eigenvalue weighted by molar-refractivity contribution is 5.77. The van der Waals surface area contributed by atoms with E-state index in [1.54, 1.807) is 6.20 Å². The van der Waals surface area contributed by atoms with Crippen molar-refractivity contribution >= 4 is 17.5 Å². The number of aromatic nitrogens is 4. The molecule has 9 nitrogen and oxygen atoms in total. The molecule has 0 unspecified atom stereocenters. The Hall–Kier alpha value is -3.59. The van der Waals surface area contributed by atoms with E-state index in [0.717, 1.165) is 16.9 Å². The first kappa shape index (κ1) is 18.8. The highest BCUT2D eigenvalue weighted by Gasteiger charge is 2.11. The van der Waals surface area contributed by atoms with Crippen LogP contribution >= 0.6 is 0 Å². The van der Waals surface area contributed by atoms with Gasteiger partial charge in [-0.25, -0.2) is 9.97 Å². The Morgan fingerprint density at radius 2 is 2.03 bits per heavy atom. The van der Waals surface area contributed by atoms with E-state index in [9.17, 15) is 4.79 Å². The van der Waals surface area contributed by atoms with E-state index in [2.05, 4.69) is 30.6 Å². The number of hydrogen-bond acceptors (Lipinski definition) is 8. The molecule has 1 aromatic carbocycles. The smallest absolute Gasteiger partial charge is 0.234 e. The summed E-state index contributed by atoms with van der Waals surface area (Å²) in [4.78, 5) is 31.4. The second kappa shape index (κ2) is 8.61. The molecule has 9 heteroatoms. The predicted molar refractivity (Wildman–Crippen MR) is 108 cm³/mol. The number of likely N-dealkylation sites (N-methyl/N-ethyl adjacent to an activating group) is 1. The van der Waals surface area contributed by atoms with Gasteiger partial charge in [-0.15, -0.1) is 0 Å². The third kappa shape index (κ3) is 5.02.